The second-order valence-corrected chi connectivity index (χ2v) is 5.61. The van der Waals surface area contributed by atoms with E-state index in [2.05, 4.69) is 5.32 Å². The van der Waals surface area contributed by atoms with E-state index in [9.17, 15) is 14.7 Å². The first-order valence-corrected chi connectivity index (χ1v) is 6.62. The molecule has 5 heteroatoms. The smallest absolute Gasteiger partial charge is 0.329 e. The van der Waals surface area contributed by atoms with Gasteiger partial charge in [-0.1, -0.05) is 13.8 Å². The standard InChI is InChI=1S/C13H24N2O3/c1-5-12(3,4)14-11(18)15-9-7-8-13(15,6-2)10(16)17/h5-9H2,1-4H3,(H,14,18)(H,16,17). The van der Waals surface area contributed by atoms with Gasteiger partial charge < -0.3 is 15.3 Å². The molecule has 1 unspecified atom stereocenters. The lowest BCUT2D eigenvalue weighted by Crippen LogP contribution is -2.58. The summed E-state index contributed by atoms with van der Waals surface area (Å²) in [6.07, 6.45) is 2.54. The van der Waals surface area contributed by atoms with E-state index in [0.717, 1.165) is 12.8 Å². The zero-order chi connectivity index (χ0) is 14.0. The summed E-state index contributed by atoms with van der Waals surface area (Å²) in [7, 11) is 0. The van der Waals surface area contributed by atoms with Crippen molar-refractivity contribution in [2.24, 2.45) is 0 Å². The minimum absolute atomic E-state index is 0.261. The highest BCUT2D eigenvalue weighted by Crippen LogP contribution is 2.33. The highest BCUT2D eigenvalue weighted by atomic mass is 16.4. The largest absolute Gasteiger partial charge is 0.479 e. The molecule has 1 rings (SSSR count). The Bertz CT molecular complexity index is 341. The van der Waals surface area contributed by atoms with Crippen molar-refractivity contribution in [3.63, 3.8) is 0 Å². The monoisotopic (exact) mass is 256 g/mol. The van der Waals surface area contributed by atoms with E-state index >= 15 is 0 Å². The molecule has 2 N–H and O–H groups in total. The van der Waals surface area contributed by atoms with Crippen LogP contribution in [-0.2, 0) is 4.79 Å². The molecular formula is C13H24N2O3. The zero-order valence-corrected chi connectivity index (χ0v) is 11.7. The number of aliphatic carboxylic acids is 1. The molecule has 1 heterocycles. The van der Waals surface area contributed by atoms with E-state index < -0.39 is 11.5 Å². The third kappa shape index (κ3) is 2.60. The summed E-state index contributed by atoms with van der Waals surface area (Å²) in [5, 5.41) is 12.3. The summed E-state index contributed by atoms with van der Waals surface area (Å²) in [6, 6.07) is -0.261. The molecule has 2 amide bonds. The number of rotatable bonds is 4. The molecule has 0 bridgehead atoms. The van der Waals surface area contributed by atoms with Crippen LogP contribution in [0.15, 0.2) is 0 Å². The number of nitrogens with zero attached hydrogens (tertiary/aromatic N) is 1. The van der Waals surface area contributed by atoms with E-state index in [1.807, 2.05) is 27.7 Å². The molecular weight excluding hydrogens is 232 g/mol. The van der Waals surface area contributed by atoms with Gasteiger partial charge in [0.05, 0.1) is 0 Å². The number of amides is 2. The molecule has 0 saturated carbocycles. The predicted molar refractivity (Wildman–Crippen MR) is 69.5 cm³/mol. The van der Waals surface area contributed by atoms with E-state index in [1.54, 1.807) is 0 Å². The number of carboxylic acids is 1. The molecule has 0 radical (unpaired) electrons. The molecule has 1 aliphatic heterocycles. The number of carbonyl (C=O) groups is 2. The highest BCUT2D eigenvalue weighted by Gasteiger charge is 2.49. The molecule has 18 heavy (non-hydrogen) atoms. The molecule has 0 aromatic heterocycles. The Morgan fingerprint density at radius 1 is 1.39 bits per heavy atom. The number of urea groups is 1. The maximum absolute atomic E-state index is 12.3. The first kappa shape index (κ1) is 14.8. The summed E-state index contributed by atoms with van der Waals surface area (Å²) >= 11 is 0. The maximum atomic E-state index is 12.3. The Kier molecular flexibility index (Phi) is 4.24. The van der Waals surface area contributed by atoms with E-state index in [4.69, 9.17) is 0 Å². The van der Waals surface area contributed by atoms with Crippen LogP contribution < -0.4 is 5.32 Å². The number of carboxylic acid groups (broad SMARTS) is 1. The van der Waals surface area contributed by atoms with Crippen molar-refractivity contribution >= 4 is 12.0 Å². The molecule has 0 aromatic rings. The van der Waals surface area contributed by atoms with E-state index in [-0.39, 0.29) is 11.6 Å². The molecule has 0 spiro atoms. The normalized spacial score (nSPS) is 24.1. The zero-order valence-electron chi connectivity index (χ0n) is 11.7. The minimum atomic E-state index is -1.02. The third-order valence-electron chi connectivity index (χ3n) is 4.05. The van der Waals surface area contributed by atoms with Crippen LogP contribution in [0.25, 0.3) is 0 Å². The van der Waals surface area contributed by atoms with Crippen LogP contribution in [-0.4, -0.2) is 39.6 Å². The number of nitrogens with one attached hydrogen (secondary N) is 1. The quantitative estimate of drug-likeness (QED) is 0.810. The number of hydrogen-bond acceptors (Lipinski definition) is 2. The van der Waals surface area contributed by atoms with Crippen LogP contribution in [0.4, 0.5) is 4.79 Å². The SMILES string of the molecule is CCC(C)(C)NC(=O)N1CCCC1(CC)C(=O)O. The highest BCUT2D eigenvalue weighted by molar-refractivity contribution is 5.87. The van der Waals surface area contributed by atoms with Gasteiger partial charge in [-0.05, 0) is 39.5 Å². The predicted octanol–water partition coefficient (Wildman–Crippen LogP) is 2.21. The van der Waals surface area contributed by atoms with Crippen molar-refractivity contribution < 1.29 is 14.7 Å². The van der Waals surface area contributed by atoms with Crippen molar-refractivity contribution in [3.8, 4) is 0 Å². The van der Waals surface area contributed by atoms with Gasteiger partial charge >= 0.3 is 12.0 Å². The fourth-order valence-electron chi connectivity index (χ4n) is 2.36. The molecule has 1 aliphatic rings. The summed E-state index contributed by atoms with van der Waals surface area (Å²) in [4.78, 5) is 25.2. The fourth-order valence-corrected chi connectivity index (χ4v) is 2.36. The Morgan fingerprint density at radius 3 is 2.44 bits per heavy atom. The van der Waals surface area contributed by atoms with Gasteiger partial charge in [0.2, 0.25) is 0 Å². The average molecular weight is 256 g/mol. The second kappa shape index (κ2) is 5.16. The summed E-state index contributed by atoms with van der Waals surface area (Å²) in [5.41, 5.74) is -1.33. The lowest BCUT2D eigenvalue weighted by molar-refractivity contribution is -0.148. The van der Waals surface area contributed by atoms with Crippen LogP contribution in [0, 0.1) is 0 Å². The van der Waals surface area contributed by atoms with Gasteiger partial charge in [0.25, 0.3) is 0 Å². The van der Waals surface area contributed by atoms with Crippen LogP contribution >= 0.6 is 0 Å². The Labute approximate surface area is 109 Å². The molecule has 104 valence electrons. The van der Waals surface area contributed by atoms with Crippen molar-refractivity contribution in [1.82, 2.24) is 10.2 Å². The Balaban J connectivity index is 2.88. The lowest BCUT2D eigenvalue weighted by Gasteiger charge is -2.36. The summed E-state index contributed by atoms with van der Waals surface area (Å²) in [6.45, 7) is 8.22. The molecule has 1 fully saturated rings. The van der Waals surface area contributed by atoms with Crippen molar-refractivity contribution in [3.05, 3.63) is 0 Å². The lowest BCUT2D eigenvalue weighted by atomic mass is 9.93. The average Bonchev–Trinajstić information content (AvgIpc) is 2.73. The van der Waals surface area contributed by atoms with Gasteiger partial charge in [0.1, 0.15) is 5.54 Å². The van der Waals surface area contributed by atoms with Gasteiger partial charge in [-0.2, -0.15) is 0 Å². The number of hydrogen-bond donors (Lipinski definition) is 2. The maximum Gasteiger partial charge on any atom is 0.329 e. The van der Waals surface area contributed by atoms with E-state index in [1.165, 1.54) is 4.90 Å². The molecule has 5 nitrogen and oxygen atoms in total. The van der Waals surface area contributed by atoms with Crippen LogP contribution in [0.2, 0.25) is 0 Å². The van der Waals surface area contributed by atoms with Gasteiger partial charge in [-0.25, -0.2) is 9.59 Å². The minimum Gasteiger partial charge on any atom is -0.479 e. The van der Waals surface area contributed by atoms with E-state index in [0.29, 0.717) is 19.4 Å². The Hall–Kier alpha value is -1.26. The molecule has 1 atom stereocenters. The summed E-state index contributed by atoms with van der Waals surface area (Å²) in [5.74, 6) is -0.896. The first-order chi connectivity index (χ1) is 8.29. The van der Waals surface area contributed by atoms with Crippen LogP contribution in [0.1, 0.15) is 53.4 Å². The van der Waals surface area contributed by atoms with Crippen LogP contribution in [0.3, 0.4) is 0 Å². The third-order valence-corrected chi connectivity index (χ3v) is 4.05. The van der Waals surface area contributed by atoms with Crippen molar-refractivity contribution in [1.29, 1.82) is 0 Å². The summed E-state index contributed by atoms with van der Waals surface area (Å²) < 4.78 is 0. The number of carbonyl (C=O) groups excluding carboxylic acids is 1. The van der Waals surface area contributed by atoms with Crippen LogP contribution in [0.5, 0.6) is 0 Å². The van der Waals surface area contributed by atoms with Gasteiger partial charge in [-0.3, -0.25) is 0 Å². The van der Waals surface area contributed by atoms with Gasteiger partial charge in [-0.15, -0.1) is 0 Å². The molecule has 0 aliphatic carbocycles. The topological polar surface area (TPSA) is 69.6 Å². The fraction of sp³-hybridized carbons (Fsp3) is 0.846. The van der Waals surface area contributed by atoms with Gasteiger partial charge in [0.15, 0.2) is 0 Å². The van der Waals surface area contributed by atoms with Gasteiger partial charge in [0, 0.05) is 12.1 Å². The molecule has 0 aromatic carbocycles. The first-order valence-electron chi connectivity index (χ1n) is 6.62. The van der Waals surface area contributed by atoms with Crippen molar-refractivity contribution in [2.75, 3.05) is 6.54 Å². The number of likely N-dealkylation sites (tertiary alicyclic amines) is 1. The Morgan fingerprint density at radius 2 is 2.00 bits per heavy atom. The molecule has 1 saturated heterocycles. The second-order valence-electron chi connectivity index (χ2n) is 5.61. The van der Waals surface area contributed by atoms with Crippen molar-refractivity contribution in [2.45, 2.75) is 64.5 Å².